The number of anilines is 1. The predicted molar refractivity (Wildman–Crippen MR) is 241 cm³/mol. The Morgan fingerprint density at radius 2 is 1.76 bits per heavy atom. The number of fused-ring (bicyclic) bond motifs is 5. The first-order chi connectivity index (χ1) is 30.4. The van der Waals surface area contributed by atoms with Gasteiger partial charge in [0.25, 0.3) is 5.91 Å². The molecule has 3 saturated heterocycles. The number of aromatic amines is 1. The van der Waals surface area contributed by atoms with Gasteiger partial charge in [0, 0.05) is 116 Å². The number of imide groups is 1. The number of nitrogens with one attached hydrogen (secondary N) is 3. The average molecular weight is 847 g/mol. The monoisotopic (exact) mass is 846 g/mol. The summed E-state index contributed by atoms with van der Waals surface area (Å²) in [4.78, 5) is 80.2. The van der Waals surface area contributed by atoms with Gasteiger partial charge in [-0.15, -0.1) is 0 Å². The number of carbonyl (C=O) groups is 5. The van der Waals surface area contributed by atoms with Gasteiger partial charge in [0.05, 0.1) is 18.7 Å². The van der Waals surface area contributed by atoms with Gasteiger partial charge >= 0.3 is 0 Å². The third kappa shape index (κ3) is 7.89. The van der Waals surface area contributed by atoms with Crippen molar-refractivity contribution in [3.05, 3.63) is 105 Å². The minimum atomic E-state index is -0.661. The molecule has 63 heavy (non-hydrogen) atoms. The van der Waals surface area contributed by atoms with Crippen LogP contribution in [0.5, 0.6) is 0 Å². The molecule has 1 aromatic heterocycles. The number of amides is 4. The second-order valence-corrected chi connectivity index (χ2v) is 18.1. The highest BCUT2D eigenvalue weighted by atomic mass is 16.2. The molecule has 5 aliphatic rings. The molecular weight excluding hydrogens is 793 g/mol. The van der Waals surface area contributed by atoms with Crippen LogP contribution in [-0.4, -0.2) is 114 Å². The van der Waals surface area contributed by atoms with Gasteiger partial charge in [-0.1, -0.05) is 50.8 Å². The first-order valence-corrected chi connectivity index (χ1v) is 22.4. The number of aryl methyl sites for hydroxylation is 1. The quantitative estimate of drug-likeness (QED) is 0.0875. The summed E-state index contributed by atoms with van der Waals surface area (Å²) in [6.45, 7) is 20.7. The van der Waals surface area contributed by atoms with E-state index in [4.69, 9.17) is 6.57 Å². The molecule has 0 spiro atoms. The highest BCUT2D eigenvalue weighted by Crippen LogP contribution is 2.46. The van der Waals surface area contributed by atoms with E-state index in [1.165, 1.54) is 16.2 Å². The largest absolute Gasteiger partial charge is 0.371 e. The lowest BCUT2D eigenvalue weighted by molar-refractivity contribution is -0.137. The molecule has 4 aliphatic heterocycles. The lowest BCUT2D eigenvalue weighted by atomic mass is 9.70. The van der Waals surface area contributed by atoms with Crippen molar-refractivity contribution in [1.82, 2.24) is 30.3 Å². The fraction of sp³-hybridized carbons (Fsp3) is 0.440. The Labute approximate surface area is 368 Å². The lowest BCUT2D eigenvalue weighted by Gasteiger charge is -2.44. The van der Waals surface area contributed by atoms with Crippen molar-refractivity contribution < 1.29 is 24.0 Å². The van der Waals surface area contributed by atoms with Crippen LogP contribution in [0.2, 0.25) is 0 Å². The van der Waals surface area contributed by atoms with Crippen molar-refractivity contribution >= 4 is 51.7 Å². The van der Waals surface area contributed by atoms with Crippen LogP contribution in [0.25, 0.3) is 15.7 Å². The van der Waals surface area contributed by atoms with Crippen LogP contribution in [0.4, 0.5) is 11.4 Å². The van der Waals surface area contributed by atoms with Crippen molar-refractivity contribution in [2.24, 2.45) is 0 Å². The van der Waals surface area contributed by atoms with Crippen LogP contribution in [0.15, 0.2) is 48.5 Å². The van der Waals surface area contributed by atoms with Crippen LogP contribution in [-0.2, 0) is 32.8 Å². The third-order valence-corrected chi connectivity index (χ3v) is 14.0. The van der Waals surface area contributed by atoms with Crippen molar-refractivity contribution in [2.75, 3.05) is 57.3 Å². The molecule has 5 heterocycles. The smallest absolute Gasteiger partial charge is 0.255 e. The molecule has 3 fully saturated rings. The highest BCUT2D eigenvalue weighted by molar-refractivity contribution is 6.20. The van der Waals surface area contributed by atoms with E-state index in [0.29, 0.717) is 49.6 Å². The van der Waals surface area contributed by atoms with E-state index in [-0.39, 0.29) is 36.5 Å². The van der Waals surface area contributed by atoms with Crippen molar-refractivity contribution in [3.8, 4) is 11.8 Å². The molecule has 3 N–H and O–H groups in total. The predicted octanol–water partition coefficient (Wildman–Crippen LogP) is 5.45. The summed E-state index contributed by atoms with van der Waals surface area (Å²) in [5.41, 5.74) is 8.99. The molecule has 0 bridgehead atoms. The number of H-pyrrole nitrogens is 1. The molecule has 9 rings (SSSR count). The fourth-order valence-electron chi connectivity index (χ4n) is 10.4. The maximum Gasteiger partial charge on any atom is 0.255 e. The van der Waals surface area contributed by atoms with Crippen molar-refractivity contribution in [1.29, 1.82) is 0 Å². The van der Waals surface area contributed by atoms with Crippen molar-refractivity contribution in [3.63, 3.8) is 0 Å². The number of nitrogens with zero attached hydrogens (tertiary/aromatic N) is 5. The zero-order valence-corrected chi connectivity index (χ0v) is 36.4. The molecular formula is C50H54N8O5. The molecule has 13 heteroatoms. The van der Waals surface area contributed by atoms with E-state index in [1.54, 1.807) is 18.2 Å². The Hall–Kier alpha value is -6.28. The zero-order chi connectivity index (χ0) is 44.0. The Balaban J connectivity index is 0.727. The second-order valence-electron chi connectivity index (χ2n) is 18.1. The summed E-state index contributed by atoms with van der Waals surface area (Å²) >= 11 is 0. The van der Waals surface area contributed by atoms with E-state index >= 15 is 0 Å². The highest BCUT2D eigenvalue weighted by Gasteiger charge is 2.42. The van der Waals surface area contributed by atoms with Crippen LogP contribution >= 0.6 is 0 Å². The zero-order valence-electron chi connectivity index (χ0n) is 36.4. The Morgan fingerprint density at radius 3 is 2.51 bits per heavy atom. The van der Waals surface area contributed by atoms with Crippen LogP contribution in [0.3, 0.4) is 0 Å². The van der Waals surface area contributed by atoms with Gasteiger partial charge in [-0.2, -0.15) is 0 Å². The normalized spacial score (nSPS) is 20.1. The number of hydrogen-bond donors (Lipinski definition) is 3. The van der Waals surface area contributed by atoms with Gasteiger partial charge in [-0.05, 0) is 79.1 Å². The first-order valence-electron chi connectivity index (χ1n) is 22.4. The van der Waals surface area contributed by atoms with Gasteiger partial charge in [-0.25, -0.2) is 4.85 Å². The molecule has 1 aliphatic carbocycles. The van der Waals surface area contributed by atoms with Crippen molar-refractivity contribution in [2.45, 2.75) is 89.8 Å². The number of piperidine rings is 2. The van der Waals surface area contributed by atoms with Crippen LogP contribution in [0.1, 0.15) is 114 Å². The molecule has 1 unspecified atom stereocenters. The van der Waals surface area contributed by atoms with E-state index in [0.717, 1.165) is 103 Å². The second kappa shape index (κ2) is 17.1. The van der Waals surface area contributed by atoms with E-state index in [9.17, 15) is 24.0 Å². The molecule has 0 saturated carbocycles. The minimum absolute atomic E-state index is 0.0225. The number of benzene rings is 3. The molecule has 3 aromatic carbocycles. The van der Waals surface area contributed by atoms with Gasteiger partial charge in [0.15, 0.2) is 11.5 Å². The number of aromatic nitrogens is 1. The Morgan fingerprint density at radius 1 is 0.968 bits per heavy atom. The molecule has 324 valence electrons. The summed E-state index contributed by atoms with van der Waals surface area (Å²) in [7, 11) is 0. The lowest BCUT2D eigenvalue weighted by Crippen LogP contribution is -2.54. The number of piperazine rings is 1. The molecule has 13 nitrogen and oxygen atoms in total. The number of carbonyl (C=O) groups excluding carboxylic acids is 5. The average Bonchev–Trinajstić information content (AvgIpc) is 3.85. The fourth-order valence-corrected chi connectivity index (χ4v) is 10.4. The van der Waals surface area contributed by atoms with E-state index in [1.807, 2.05) is 18.2 Å². The van der Waals surface area contributed by atoms with Gasteiger partial charge in [0.1, 0.15) is 6.04 Å². The maximum absolute atomic E-state index is 14.1. The Bertz CT molecular complexity index is 2650. The van der Waals surface area contributed by atoms with Crippen LogP contribution in [0, 0.1) is 18.4 Å². The SMILES string of the molecule is [C-]#[N+]c1ccc2c3c([nH]c2c1)C(C)(C)c1cc(N2CCC(N4CCN(CC(=O)NCCCC#Cc5cccc6c5CN(C5CCC(=O)NC5=O)C6=O)CC4)CC2)c(CC)cc1C3=O. The molecule has 4 aromatic rings. The molecule has 0 radical (unpaired) electrons. The summed E-state index contributed by atoms with van der Waals surface area (Å²) in [5.74, 6) is 5.52. The maximum atomic E-state index is 14.1. The number of hydrogen-bond acceptors (Lipinski definition) is 8. The summed E-state index contributed by atoms with van der Waals surface area (Å²) in [6, 6.07) is 15.2. The van der Waals surface area contributed by atoms with E-state index < -0.39 is 17.4 Å². The Kier molecular flexibility index (Phi) is 11.4. The van der Waals surface area contributed by atoms with Gasteiger partial charge in [0.2, 0.25) is 17.7 Å². The summed E-state index contributed by atoms with van der Waals surface area (Å²) in [5, 5.41) is 6.28. The summed E-state index contributed by atoms with van der Waals surface area (Å²) < 4.78 is 0. The van der Waals surface area contributed by atoms with Crippen LogP contribution < -0.4 is 15.5 Å². The van der Waals surface area contributed by atoms with Gasteiger partial charge in [-0.3, -0.25) is 39.1 Å². The number of ketones is 1. The molecule has 1 atom stereocenters. The van der Waals surface area contributed by atoms with Gasteiger partial charge < -0.3 is 20.1 Å². The molecule has 4 amide bonds. The topological polar surface area (TPSA) is 143 Å². The number of unbranched alkanes of at least 4 members (excludes halogenated alkanes) is 1. The van der Waals surface area contributed by atoms with E-state index in [2.05, 4.69) is 79.9 Å². The third-order valence-electron chi connectivity index (χ3n) is 14.0. The standard InChI is InChI=1S/C50H54N8O5/c1-5-31-26-37-39(50(2,3)47-45(46(37)61)36-14-13-33(51-4)27-40(36)53-47)28-42(31)57-20-17-34(18-21-57)56-24-22-55(23-25-56)30-44(60)52-19-8-6-7-10-32-11-9-12-35-38(32)29-58(49(35)63)41-15-16-43(59)54-48(41)62/h9,11-14,26-28,34,41,53H,5-6,8,15-25,29-30H2,1-3H3,(H,52,60)(H,54,59,62). The minimum Gasteiger partial charge on any atom is -0.371 e. The summed E-state index contributed by atoms with van der Waals surface area (Å²) in [6.07, 6.45) is 4.80. The first kappa shape index (κ1) is 42.0. The number of rotatable bonds is 9.